The highest BCUT2D eigenvalue weighted by Crippen LogP contribution is 2.30. The summed E-state index contributed by atoms with van der Waals surface area (Å²) in [7, 11) is 0. The van der Waals surface area contributed by atoms with Gasteiger partial charge in [0, 0.05) is 21.8 Å². The van der Waals surface area contributed by atoms with Crippen molar-refractivity contribution in [1.82, 2.24) is 5.32 Å². The first-order valence-electron chi connectivity index (χ1n) is 7.81. The number of thiophene rings is 1. The molecule has 0 amide bonds. The lowest BCUT2D eigenvalue weighted by atomic mass is 9.82. The topological polar surface area (TPSA) is 32.3 Å². The normalized spacial score (nSPS) is 17.8. The van der Waals surface area contributed by atoms with Crippen molar-refractivity contribution in [2.45, 2.75) is 44.2 Å². The molecule has 0 saturated heterocycles. The molecule has 2 N–H and O–H groups in total. The van der Waals surface area contributed by atoms with E-state index in [9.17, 15) is 5.11 Å². The Labute approximate surface area is 130 Å². The summed E-state index contributed by atoms with van der Waals surface area (Å²) in [5.74, 6) is 0. The van der Waals surface area contributed by atoms with Gasteiger partial charge < -0.3 is 10.4 Å². The van der Waals surface area contributed by atoms with E-state index in [4.69, 9.17) is 0 Å². The van der Waals surface area contributed by atoms with Crippen molar-refractivity contribution in [3.8, 4) is 10.4 Å². The van der Waals surface area contributed by atoms with E-state index in [-0.39, 0.29) is 12.1 Å². The predicted octanol–water partition coefficient (Wildman–Crippen LogP) is 4.20. The minimum Gasteiger partial charge on any atom is -0.394 e. The molecule has 0 atom stereocenters. The van der Waals surface area contributed by atoms with E-state index in [1.807, 2.05) is 17.4 Å². The second-order valence-electron chi connectivity index (χ2n) is 5.98. The van der Waals surface area contributed by atoms with Crippen molar-refractivity contribution in [3.05, 3.63) is 47.3 Å². The molecule has 3 rings (SSSR count). The molecule has 2 aromatic rings. The van der Waals surface area contributed by atoms with Crippen molar-refractivity contribution in [3.63, 3.8) is 0 Å². The molecule has 3 heteroatoms. The Balaban J connectivity index is 1.65. The van der Waals surface area contributed by atoms with Gasteiger partial charge in [-0.2, -0.15) is 0 Å². The van der Waals surface area contributed by atoms with Crippen LogP contribution in [0, 0.1) is 0 Å². The highest BCUT2D eigenvalue weighted by atomic mass is 32.1. The molecule has 0 aliphatic heterocycles. The van der Waals surface area contributed by atoms with Crippen LogP contribution in [0.5, 0.6) is 0 Å². The van der Waals surface area contributed by atoms with Crippen LogP contribution < -0.4 is 5.32 Å². The van der Waals surface area contributed by atoms with Gasteiger partial charge in [-0.1, -0.05) is 49.6 Å². The monoisotopic (exact) mass is 301 g/mol. The third-order valence-corrected chi connectivity index (χ3v) is 5.61. The molecule has 112 valence electrons. The summed E-state index contributed by atoms with van der Waals surface area (Å²) in [6.07, 6.45) is 5.96. The molecule has 1 aliphatic rings. The maximum Gasteiger partial charge on any atom is 0.0613 e. The van der Waals surface area contributed by atoms with Crippen LogP contribution in [-0.4, -0.2) is 17.3 Å². The van der Waals surface area contributed by atoms with Crippen LogP contribution in [0.25, 0.3) is 10.4 Å². The lowest BCUT2D eigenvalue weighted by molar-refractivity contribution is 0.120. The van der Waals surface area contributed by atoms with Gasteiger partial charge in [-0.05, 0) is 30.5 Å². The molecule has 0 radical (unpaired) electrons. The van der Waals surface area contributed by atoms with Crippen molar-refractivity contribution in [1.29, 1.82) is 0 Å². The van der Waals surface area contributed by atoms with Crippen LogP contribution >= 0.6 is 11.3 Å². The maximum absolute atomic E-state index is 9.74. The summed E-state index contributed by atoms with van der Waals surface area (Å²) >= 11 is 1.84. The summed E-state index contributed by atoms with van der Waals surface area (Å²) < 4.78 is 0. The van der Waals surface area contributed by atoms with Crippen LogP contribution in [0.1, 0.15) is 37.0 Å². The number of nitrogens with one attached hydrogen (secondary N) is 1. The summed E-state index contributed by atoms with van der Waals surface area (Å²) in [6.45, 7) is 1.11. The molecule has 1 fully saturated rings. The molecule has 1 heterocycles. The number of aliphatic hydroxyl groups is 1. The van der Waals surface area contributed by atoms with E-state index < -0.39 is 0 Å². The fourth-order valence-electron chi connectivity index (χ4n) is 3.12. The van der Waals surface area contributed by atoms with Crippen molar-refractivity contribution in [2.75, 3.05) is 6.61 Å². The number of aliphatic hydroxyl groups excluding tert-OH is 1. The Hall–Kier alpha value is -1.16. The van der Waals surface area contributed by atoms with E-state index in [2.05, 4.69) is 41.7 Å². The van der Waals surface area contributed by atoms with Crippen molar-refractivity contribution < 1.29 is 5.11 Å². The SMILES string of the molecule is OCC1(NCc2ccc(-c3ccccc3)s2)CCCCC1. The first-order valence-corrected chi connectivity index (χ1v) is 8.63. The van der Waals surface area contributed by atoms with E-state index >= 15 is 0 Å². The van der Waals surface area contributed by atoms with Gasteiger partial charge in [-0.3, -0.25) is 0 Å². The minimum absolute atomic E-state index is 0.0465. The van der Waals surface area contributed by atoms with Crippen molar-refractivity contribution >= 4 is 11.3 Å². The Morgan fingerprint density at radius 2 is 1.76 bits per heavy atom. The summed E-state index contributed by atoms with van der Waals surface area (Å²) in [4.78, 5) is 2.65. The zero-order chi connectivity index (χ0) is 14.5. The minimum atomic E-state index is -0.0465. The fraction of sp³-hybridized carbons (Fsp3) is 0.444. The average Bonchev–Trinajstić information content (AvgIpc) is 3.04. The van der Waals surface area contributed by atoms with Gasteiger partial charge in [-0.25, -0.2) is 0 Å². The molecule has 1 saturated carbocycles. The first-order chi connectivity index (χ1) is 10.3. The number of hydrogen-bond acceptors (Lipinski definition) is 3. The van der Waals surface area contributed by atoms with Gasteiger partial charge in [0.05, 0.1) is 6.61 Å². The third kappa shape index (κ3) is 3.54. The molecule has 1 aromatic carbocycles. The van der Waals surface area contributed by atoms with Crippen LogP contribution in [0.15, 0.2) is 42.5 Å². The molecule has 0 bridgehead atoms. The van der Waals surface area contributed by atoms with Gasteiger partial charge >= 0.3 is 0 Å². The smallest absolute Gasteiger partial charge is 0.0613 e. The molecule has 0 spiro atoms. The number of hydrogen-bond donors (Lipinski definition) is 2. The van der Waals surface area contributed by atoms with Crippen LogP contribution in [0.4, 0.5) is 0 Å². The fourth-order valence-corrected chi connectivity index (χ4v) is 4.08. The third-order valence-electron chi connectivity index (χ3n) is 4.47. The van der Waals surface area contributed by atoms with Crippen LogP contribution in [-0.2, 0) is 6.54 Å². The number of benzene rings is 1. The van der Waals surface area contributed by atoms with Gasteiger partial charge in [-0.15, -0.1) is 11.3 Å². The van der Waals surface area contributed by atoms with Crippen LogP contribution in [0.3, 0.4) is 0 Å². The highest BCUT2D eigenvalue weighted by Gasteiger charge is 2.30. The predicted molar refractivity (Wildman–Crippen MR) is 89.5 cm³/mol. The lowest BCUT2D eigenvalue weighted by Crippen LogP contribution is -2.49. The standard InChI is InChI=1S/C18H23NOS/c20-14-18(11-5-2-6-12-18)19-13-16-9-10-17(21-16)15-7-3-1-4-8-15/h1,3-4,7-10,19-20H,2,5-6,11-14H2. The Morgan fingerprint density at radius 1 is 1.00 bits per heavy atom. The van der Waals surface area contributed by atoms with E-state index in [0.717, 1.165) is 19.4 Å². The lowest BCUT2D eigenvalue weighted by Gasteiger charge is -2.36. The van der Waals surface area contributed by atoms with Crippen LogP contribution in [0.2, 0.25) is 0 Å². The molecular weight excluding hydrogens is 278 g/mol. The molecule has 0 unspecified atom stereocenters. The summed E-state index contributed by atoms with van der Waals surface area (Å²) in [6, 6.07) is 14.9. The Bertz CT molecular complexity index is 558. The molecular formula is C18H23NOS. The second-order valence-corrected chi connectivity index (χ2v) is 7.15. The highest BCUT2D eigenvalue weighted by molar-refractivity contribution is 7.15. The summed E-state index contributed by atoms with van der Waals surface area (Å²) in [5, 5.41) is 13.4. The Kier molecular flexibility index (Phi) is 4.73. The first kappa shape index (κ1) is 14.8. The Morgan fingerprint density at radius 3 is 2.48 bits per heavy atom. The summed E-state index contributed by atoms with van der Waals surface area (Å²) in [5.41, 5.74) is 1.23. The van der Waals surface area contributed by atoms with Gasteiger partial charge in [0.2, 0.25) is 0 Å². The second kappa shape index (κ2) is 6.73. The maximum atomic E-state index is 9.74. The molecule has 1 aromatic heterocycles. The quantitative estimate of drug-likeness (QED) is 0.867. The number of rotatable bonds is 5. The van der Waals surface area contributed by atoms with Gasteiger partial charge in [0.15, 0.2) is 0 Å². The van der Waals surface area contributed by atoms with E-state index in [0.29, 0.717) is 0 Å². The molecule has 2 nitrogen and oxygen atoms in total. The zero-order valence-electron chi connectivity index (χ0n) is 12.3. The molecule has 1 aliphatic carbocycles. The largest absolute Gasteiger partial charge is 0.394 e. The van der Waals surface area contributed by atoms with Crippen molar-refractivity contribution in [2.24, 2.45) is 0 Å². The van der Waals surface area contributed by atoms with E-state index in [1.165, 1.54) is 34.6 Å². The molecule has 21 heavy (non-hydrogen) atoms. The van der Waals surface area contributed by atoms with E-state index in [1.54, 1.807) is 0 Å². The average molecular weight is 301 g/mol. The van der Waals surface area contributed by atoms with Gasteiger partial charge in [0.1, 0.15) is 0 Å². The zero-order valence-corrected chi connectivity index (χ0v) is 13.2. The van der Waals surface area contributed by atoms with Gasteiger partial charge in [0.25, 0.3) is 0 Å².